The summed E-state index contributed by atoms with van der Waals surface area (Å²) >= 11 is 3.76. The largest absolute Gasteiger partial charge is 0.374 e. The van der Waals surface area contributed by atoms with Crippen LogP contribution in [-0.2, 0) is 4.74 Å². The van der Waals surface area contributed by atoms with Crippen molar-refractivity contribution in [2.45, 2.75) is 69.9 Å². The normalized spacial score (nSPS) is 31.5. The molecule has 14 heavy (non-hydrogen) atoms. The Morgan fingerprint density at radius 3 is 2.36 bits per heavy atom. The molecule has 0 spiro atoms. The summed E-state index contributed by atoms with van der Waals surface area (Å²) in [6.07, 6.45) is 7.39. The molecule has 0 heterocycles. The van der Waals surface area contributed by atoms with Crippen LogP contribution in [0.2, 0.25) is 0 Å². The van der Waals surface area contributed by atoms with Crippen LogP contribution in [-0.4, -0.2) is 17.0 Å². The Labute approximate surface area is 96.7 Å². The number of halogens is 1. The first kappa shape index (κ1) is 12.5. The second-order valence-electron chi connectivity index (χ2n) is 4.78. The highest BCUT2D eigenvalue weighted by atomic mass is 79.9. The van der Waals surface area contributed by atoms with Crippen molar-refractivity contribution in [2.24, 2.45) is 5.92 Å². The fraction of sp³-hybridized carbons (Fsp3) is 1.00. The van der Waals surface area contributed by atoms with Gasteiger partial charge < -0.3 is 4.74 Å². The summed E-state index contributed by atoms with van der Waals surface area (Å²) in [6, 6.07) is 0. The summed E-state index contributed by atoms with van der Waals surface area (Å²) < 4.78 is 6.10. The topological polar surface area (TPSA) is 9.23 Å². The highest BCUT2D eigenvalue weighted by Gasteiger charge is 2.24. The lowest BCUT2D eigenvalue weighted by molar-refractivity contribution is -0.0276. The van der Waals surface area contributed by atoms with E-state index in [0.29, 0.717) is 23.0 Å². The van der Waals surface area contributed by atoms with Crippen LogP contribution < -0.4 is 0 Å². The van der Waals surface area contributed by atoms with E-state index in [4.69, 9.17) is 4.74 Å². The molecule has 0 aromatic rings. The van der Waals surface area contributed by atoms with E-state index in [9.17, 15) is 0 Å². The minimum atomic E-state index is 0.387. The molecule has 3 unspecified atom stereocenters. The van der Waals surface area contributed by atoms with Crippen LogP contribution in [0, 0.1) is 5.92 Å². The zero-order chi connectivity index (χ0) is 10.6. The quantitative estimate of drug-likeness (QED) is 0.549. The Balaban J connectivity index is 2.40. The fourth-order valence-corrected chi connectivity index (χ4v) is 2.53. The molecule has 1 rings (SSSR count). The van der Waals surface area contributed by atoms with E-state index in [-0.39, 0.29) is 0 Å². The summed E-state index contributed by atoms with van der Waals surface area (Å²) in [5.74, 6) is 0.623. The smallest absolute Gasteiger partial charge is 0.0703 e. The predicted molar refractivity (Wildman–Crippen MR) is 65.0 cm³/mol. The molecule has 0 bridgehead atoms. The molecule has 1 nitrogen and oxygen atoms in total. The van der Waals surface area contributed by atoms with Gasteiger partial charge in [-0.25, -0.2) is 0 Å². The number of hydrogen-bond donors (Lipinski definition) is 0. The van der Waals surface area contributed by atoms with Crippen LogP contribution in [0.4, 0.5) is 0 Å². The minimum Gasteiger partial charge on any atom is -0.374 e. The first-order chi connectivity index (χ1) is 6.61. The zero-order valence-corrected chi connectivity index (χ0v) is 11.2. The lowest BCUT2D eigenvalue weighted by Gasteiger charge is -2.26. The van der Waals surface area contributed by atoms with Gasteiger partial charge in [-0.2, -0.15) is 0 Å². The SMILES string of the molecule is CC(C)C(C)OC1CCCCCC1Br. The zero-order valence-electron chi connectivity index (χ0n) is 9.63. The molecule has 0 aromatic carbocycles. The van der Waals surface area contributed by atoms with Gasteiger partial charge in [0.2, 0.25) is 0 Å². The van der Waals surface area contributed by atoms with E-state index in [1.807, 2.05) is 0 Å². The molecule has 84 valence electrons. The van der Waals surface area contributed by atoms with Crippen molar-refractivity contribution < 1.29 is 4.74 Å². The van der Waals surface area contributed by atoms with Crippen LogP contribution in [0.25, 0.3) is 0 Å². The summed E-state index contributed by atoms with van der Waals surface area (Å²) in [5, 5.41) is 0. The molecule has 0 amide bonds. The van der Waals surface area contributed by atoms with Crippen molar-refractivity contribution in [3.8, 4) is 0 Å². The lowest BCUT2D eigenvalue weighted by atomic mass is 10.1. The second-order valence-corrected chi connectivity index (χ2v) is 5.95. The number of hydrogen-bond acceptors (Lipinski definition) is 1. The maximum absolute atomic E-state index is 6.10. The van der Waals surface area contributed by atoms with E-state index in [2.05, 4.69) is 36.7 Å². The Morgan fingerprint density at radius 2 is 1.71 bits per heavy atom. The molecule has 1 aliphatic carbocycles. The van der Waals surface area contributed by atoms with Crippen molar-refractivity contribution >= 4 is 15.9 Å². The van der Waals surface area contributed by atoms with Gasteiger partial charge in [0.1, 0.15) is 0 Å². The predicted octanol–water partition coefficient (Wildman–Crippen LogP) is 4.14. The van der Waals surface area contributed by atoms with E-state index in [1.54, 1.807) is 0 Å². The second kappa shape index (κ2) is 6.12. The maximum Gasteiger partial charge on any atom is 0.0703 e. The van der Waals surface area contributed by atoms with Crippen molar-refractivity contribution in [1.82, 2.24) is 0 Å². The Kier molecular flexibility index (Phi) is 5.47. The lowest BCUT2D eigenvalue weighted by Crippen LogP contribution is -2.29. The fourth-order valence-electron chi connectivity index (χ4n) is 1.81. The number of alkyl halides is 1. The van der Waals surface area contributed by atoms with E-state index < -0.39 is 0 Å². The molecule has 1 saturated carbocycles. The average Bonchev–Trinajstić information content (AvgIpc) is 2.32. The van der Waals surface area contributed by atoms with Gasteiger partial charge in [-0.3, -0.25) is 0 Å². The monoisotopic (exact) mass is 262 g/mol. The van der Waals surface area contributed by atoms with Crippen LogP contribution in [0.3, 0.4) is 0 Å². The minimum absolute atomic E-state index is 0.387. The van der Waals surface area contributed by atoms with E-state index in [0.717, 1.165) is 0 Å². The number of rotatable bonds is 3. The molecule has 0 radical (unpaired) electrons. The molecule has 3 atom stereocenters. The van der Waals surface area contributed by atoms with Gasteiger partial charge in [0.05, 0.1) is 12.2 Å². The van der Waals surface area contributed by atoms with Crippen molar-refractivity contribution in [3.05, 3.63) is 0 Å². The third kappa shape index (κ3) is 3.90. The highest BCUT2D eigenvalue weighted by Crippen LogP contribution is 2.27. The summed E-state index contributed by atoms with van der Waals surface area (Å²) in [5.41, 5.74) is 0. The first-order valence-corrected chi connectivity index (χ1v) is 6.82. The van der Waals surface area contributed by atoms with Crippen LogP contribution in [0.5, 0.6) is 0 Å². The van der Waals surface area contributed by atoms with Crippen molar-refractivity contribution in [1.29, 1.82) is 0 Å². The van der Waals surface area contributed by atoms with Gasteiger partial charge in [-0.1, -0.05) is 49.0 Å². The van der Waals surface area contributed by atoms with Crippen molar-refractivity contribution in [3.63, 3.8) is 0 Å². The molecule has 0 aliphatic heterocycles. The molecule has 0 saturated heterocycles. The van der Waals surface area contributed by atoms with E-state index in [1.165, 1.54) is 32.1 Å². The molecular weight excluding hydrogens is 240 g/mol. The van der Waals surface area contributed by atoms with Gasteiger partial charge in [-0.05, 0) is 25.7 Å². The van der Waals surface area contributed by atoms with E-state index >= 15 is 0 Å². The third-order valence-electron chi connectivity index (χ3n) is 3.20. The summed E-state index contributed by atoms with van der Waals surface area (Å²) in [7, 11) is 0. The molecule has 0 N–H and O–H groups in total. The van der Waals surface area contributed by atoms with Gasteiger partial charge in [0.25, 0.3) is 0 Å². The maximum atomic E-state index is 6.10. The molecule has 0 aromatic heterocycles. The Bertz CT molecular complexity index is 158. The first-order valence-electron chi connectivity index (χ1n) is 5.90. The molecule has 1 aliphatic rings. The molecule has 2 heteroatoms. The molecule has 1 fully saturated rings. The summed E-state index contributed by atoms with van der Waals surface area (Å²) in [6.45, 7) is 6.64. The average molecular weight is 263 g/mol. The number of ether oxygens (including phenoxy) is 1. The molecular formula is C12H23BrO. The highest BCUT2D eigenvalue weighted by molar-refractivity contribution is 9.09. The van der Waals surface area contributed by atoms with Gasteiger partial charge in [0, 0.05) is 4.83 Å². The summed E-state index contributed by atoms with van der Waals surface area (Å²) in [4.78, 5) is 0.575. The Morgan fingerprint density at radius 1 is 1.07 bits per heavy atom. The van der Waals surface area contributed by atoms with Gasteiger partial charge >= 0.3 is 0 Å². The van der Waals surface area contributed by atoms with Gasteiger partial charge in [-0.15, -0.1) is 0 Å². The van der Waals surface area contributed by atoms with Crippen LogP contribution >= 0.6 is 15.9 Å². The van der Waals surface area contributed by atoms with Crippen LogP contribution in [0.15, 0.2) is 0 Å². The van der Waals surface area contributed by atoms with Gasteiger partial charge in [0.15, 0.2) is 0 Å². The van der Waals surface area contributed by atoms with Crippen molar-refractivity contribution in [2.75, 3.05) is 0 Å². The third-order valence-corrected chi connectivity index (χ3v) is 4.25. The standard InChI is InChI=1S/C12H23BrO/c1-9(2)10(3)14-12-8-6-4-5-7-11(12)13/h9-12H,4-8H2,1-3H3. The van der Waals surface area contributed by atoms with Crippen LogP contribution in [0.1, 0.15) is 52.9 Å². The Hall–Kier alpha value is 0.440.